The summed E-state index contributed by atoms with van der Waals surface area (Å²) in [4.78, 5) is 24.4. The van der Waals surface area contributed by atoms with Crippen molar-refractivity contribution in [2.45, 2.75) is 11.2 Å². The minimum atomic E-state index is -4.66. The maximum absolute atomic E-state index is 13.4. The summed E-state index contributed by atoms with van der Waals surface area (Å²) in [5.74, 6) is -0.887. The Morgan fingerprint density at radius 2 is 1.74 bits per heavy atom. The Morgan fingerprint density at radius 1 is 1.00 bits per heavy atom. The number of para-hydroxylation sites is 1. The van der Waals surface area contributed by atoms with Crippen LogP contribution in [0, 0.1) is 5.82 Å². The number of aromatic nitrogens is 2. The molecule has 198 valence electrons. The molecular formula is C24H19F4N5O4S. The molecule has 0 atom stereocenters. The number of oxazole rings is 1. The Hall–Kier alpha value is -4.20. The molecule has 0 bridgehead atoms. The van der Waals surface area contributed by atoms with Crippen molar-refractivity contribution in [3.63, 3.8) is 0 Å². The Labute approximate surface area is 213 Å². The van der Waals surface area contributed by atoms with Crippen molar-refractivity contribution < 1.29 is 35.2 Å². The molecule has 0 radical (unpaired) electrons. The van der Waals surface area contributed by atoms with Crippen LogP contribution in [0.2, 0.25) is 0 Å². The Bertz CT molecular complexity index is 1600. The number of halogens is 4. The van der Waals surface area contributed by atoms with Crippen molar-refractivity contribution in [3.8, 4) is 0 Å². The predicted molar refractivity (Wildman–Crippen MR) is 129 cm³/mol. The molecule has 1 aliphatic rings. The smallest absolute Gasteiger partial charge is 0.417 e. The summed E-state index contributed by atoms with van der Waals surface area (Å²) in [5.41, 5.74) is -0.251. The lowest BCUT2D eigenvalue weighted by atomic mass is 10.1. The molecule has 5 rings (SSSR count). The van der Waals surface area contributed by atoms with Crippen molar-refractivity contribution in [1.29, 1.82) is 0 Å². The van der Waals surface area contributed by atoms with Crippen LogP contribution < -0.4 is 9.62 Å². The van der Waals surface area contributed by atoms with E-state index in [4.69, 9.17) is 4.42 Å². The number of hydrogen-bond acceptors (Lipinski definition) is 7. The van der Waals surface area contributed by atoms with Crippen LogP contribution in [0.25, 0.3) is 11.1 Å². The number of anilines is 2. The number of nitrogens with zero attached hydrogens (tertiary/aromatic N) is 4. The third-order valence-corrected chi connectivity index (χ3v) is 7.20. The van der Waals surface area contributed by atoms with Crippen molar-refractivity contribution in [2.75, 3.05) is 35.8 Å². The number of hydrogen-bond donors (Lipinski definition) is 1. The zero-order valence-corrected chi connectivity index (χ0v) is 20.3. The van der Waals surface area contributed by atoms with E-state index in [-0.39, 0.29) is 24.3 Å². The standard InChI is InChI=1S/C24H19F4N5O4S/c25-16-6-7-19-20(13-16)37-23(30-19)33-11-9-32(10-12-33)22(34)17-3-1-2-4-18(17)31-38(35,36)21-8-5-15(14-29-21)24(26,27)28/h1-8,13-14,31H,9-12H2. The second-order valence-electron chi connectivity index (χ2n) is 8.42. The van der Waals surface area contributed by atoms with Gasteiger partial charge in [-0.05, 0) is 36.4 Å². The highest BCUT2D eigenvalue weighted by Crippen LogP contribution is 2.29. The van der Waals surface area contributed by atoms with Crippen LogP contribution >= 0.6 is 0 Å². The van der Waals surface area contributed by atoms with Gasteiger partial charge in [0.1, 0.15) is 11.3 Å². The van der Waals surface area contributed by atoms with E-state index in [1.165, 1.54) is 41.3 Å². The highest BCUT2D eigenvalue weighted by molar-refractivity contribution is 7.92. The van der Waals surface area contributed by atoms with Gasteiger partial charge < -0.3 is 14.2 Å². The normalized spacial score (nSPS) is 14.6. The summed E-state index contributed by atoms with van der Waals surface area (Å²) >= 11 is 0. The van der Waals surface area contributed by atoms with Crippen molar-refractivity contribution in [3.05, 3.63) is 77.7 Å². The molecule has 9 nitrogen and oxygen atoms in total. The van der Waals surface area contributed by atoms with Gasteiger partial charge in [-0.2, -0.15) is 26.6 Å². The molecule has 1 saturated heterocycles. The second-order valence-corrected chi connectivity index (χ2v) is 10.1. The van der Waals surface area contributed by atoms with Gasteiger partial charge in [0.25, 0.3) is 21.9 Å². The summed E-state index contributed by atoms with van der Waals surface area (Å²) < 4.78 is 85.3. The number of piperazine rings is 1. The van der Waals surface area contributed by atoms with E-state index < -0.39 is 38.5 Å². The van der Waals surface area contributed by atoms with Gasteiger partial charge in [0.2, 0.25) is 0 Å². The maximum Gasteiger partial charge on any atom is 0.417 e. The van der Waals surface area contributed by atoms with Crippen LogP contribution in [0.1, 0.15) is 15.9 Å². The number of amides is 1. The van der Waals surface area contributed by atoms with Crippen LogP contribution in [0.5, 0.6) is 0 Å². The van der Waals surface area contributed by atoms with Crippen LogP contribution in [-0.2, 0) is 16.2 Å². The molecule has 1 N–H and O–H groups in total. The Balaban J connectivity index is 1.29. The number of carbonyl (C=O) groups excluding carboxylic acids is 1. The molecule has 38 heavy (non-hydrogen) atoms. The SMILES string of the molecule is O=C(c1ccccc1NS(=O)(=O)c1ccc(C(F)(F)F)cn1)N1CCN(c2nc3ccc(F)cc3o2)CC1. The number of carbonyl (C=O) groups is 1. The number of pyridine rings is 1. The fourth-order valence-electron chi connectivity index (χ4n) is 3.96. The van der Waals surface area contributed by atoms with E-state index in [2.05, 4.69) is 14.7 Å². The lowest BCUT2D eigenvalue weighted by Gasteiger charge is -2.34. The van der Waals surface area contributed by atoms with Crippen LogP contribution in [0.15, 0.2) is 70.2 Å². The van der Waals surface area contributed by atoms with Gasteiger partial charge in [0.15, 0.2) is 10.6 Å². The van der Waals surface area contributed by atoms with E-state index in [0.717, 1.165) is 6.07 Å². The monoisotopic (exact) mass is 549 g/mol. The average Bonchev–Trinajstić information content (AvgIpc) is 3.31. The minimum absolute atomic E-state index is 0.0393. The number of rotatable bonds is 5. The third kappa shape index (κ3) is 5.11. The number of fused-ring (bicyclic) bond motifs is 1. The summed E-state index contributed by atoms with van der Waals surface area (Å²) in [6, 6.07) is 11.6. The van der Waals surface area contributed by atoms with E-state index >= 15 is 0 Å². The highest BCUT2D eigenvalue weighted by Gasteiger charge is 2.32. The lowest BCUT2D eigenvalue weighted by molar-refractivity contribution is -0.137. The minimum Gasteiger partial charge on any atom is -0.423 e. The fourth-order valence-corrected chi connectivity index (χ4v) is 4.97. The summed E-state index contributed by atoms with van der Waals surface area (Å²) in [5, 5.41) is -0.625. The van der Waals surface area contributed by atoms with E-state index in [1.54, 1.807) is 6.07 Å². The predicted octanol–water partition coefficient (Wildman–Crippen LogP) is 4.14. The third-order valence-electron chi connectivity index (χ3n) is 5.92. The maximum atomic E-state index is 13.4. The number of nitrogens with one attached hydrogen (secondary N) is 1. The van der Waals surface area contributed by atoms with Gasteiger partial charge in [-0.3, -0.25) is 9.52 Å². The molecule has 0 aliphatic carbocycles. The zero-order valence-electron chi connectivity index (χ0n) is 19.4. The molecule has 14 heteroatoms. The van der Waals surface area contributed by atoms with Gasteiger partial charge >= 0.3 is 6.18 Å². The zero-order chi connectivity index (χ0) is 27.1. The largest absolute Gasteiger partial charge is 0.423 e. The first-order valence-electron chi connectivity index (χ1n) is 11.3. The van der Waals surface area contributed by atoms with Crippen LogP contribution in [0.4, 0.5) is 29.3 Å². The van der Waals surface area contributed by atoms with Crippen LogP contribution in [-0.4, -0.2) is 55.4 Å². The molecule has 0 saturated carbocycles. The molecule has 0 spiro atoms. The number of sulfonamides is 1. The van der Waals surface area contributed by atoms with Crippen molar-refractivity contribution in [1.82, 2.24) is 14.9 Å². The quantitative estimate of drug-likeness (QED) is 0.373. The number of alkyl halides is 3. The van der Waals surface area contributed by atoms with Crippen molar-refractivity contribution >= 4 is 38.7 Å². The van der Waals surface area contributed by atoms with Crippen LogP contribution in [0.3, 0.4) is 0 Å². The van der Waals surface area contributed by atoms with Gasteiger partial charge in [-0.25, -0.2) is 9.37 Å². The summed E-state index contributed by atoms with van der Waals surface area (Å²) in [6.45, 7) is 1.27. The molecule has 2 aromatic carbocycles. The van der Waals surface area contributed by atoms with Crippen molar-refractivity contribution in [2.24, 2.45) is 0 Å². The highest BCUT2D eigenvalue weighted by atomic mass is 32.2. The first-order valence-corrected chi connectivity index (χ1v) is 12.7. The Kier molecular flexibility index (Phi) is 6.42. The molecule has 1 amide bonds. The lowest BCUT2D eigenvalue weighted by Crippen LogP contribution is -2.49. The number of benzene rings is 2. The first kappa shape index (κ1) is 25.4. The molecule has 4 aromatic rings. The topological polar surface area (TPSA) is 109 Å². The second kappa shape index (κ2) is 9.59. The van der Waals surface area contributed by atoms with E-state index in [1.807, 2.05) is 4.90 Å². The molecule has 1 aliphatic heterocycles. The average molecular weight is 550 g/mol. The molecular weight excluding hydrogens is 530 g/mol. The van der Waals surface area contributed by atoms with Gasteiger partial charge in [-0.15, -0.1) is 0 Å². The summed E-state index contributed by atoms with van der Waals surface area (Å²) in [6.07, 6.45) is -4.23. The van der Waals surface area contributed by atoms with Gasteiger partial charge in [-0.1, -0.05) is 12.1 Å². The van der Waals surface area contributed by atoms with Gasteiger partial charge in [0.05, 0.1) is 16.8 Å². The first-order chi connectivity index (χ1) is 18.0. The Morgan fingerprint density at radius 3 is 2.42 bits per heavy atom. The van der Waals surface area contributed by atoms with E-state index in [9.17, 15) is 30.8 Å². The van der Waals surface area contributed by atoms with E-state index in [0.29, 0.717) is 42.5 Å². The molecule has 1 fully saturated rings. The summed E-state index contributed by atoms with van der Waals surface area (Å²) in [7, 11) is -4.38. The van der Waals surface area contributed by atoms with Gasteiger partial charge in [0, 0.05) is 38.4 Å². The molecule has 2 aromatic heterocycles. The molecule has 0 unspecified atom stereocenters. The fraction of sp³-hybridized carbons (Fsp3) is 0.208. The molecule has 3 heterocycles.